The molecule has 1 aliphatic heterocycles. The van der Waals surface area contributed by atoms with Crippen LogP contribution in [0.5, 0.6) is 0 Å². The highest BCUT2D eigenvalue weighted by molar-refractivity contribution is 6.47. The smallest absolute Gasteiger partial charge is 0.270 e. The summed E-state index contributed by atoms with van der Waals surface area (Å²) in [5.41, 5.74) is 0. The number of alkyl halides is 2. The van der Waals surface area contributed by atoms with Crippen molar-refractivity contribution >= 4 is 23.2 Å². The van der Waals surface area contributed by atoms with Crippen LogP contribution in [0.15, 0.2) is 12.4 Å². The fourth-order valence-corrected chi connectivity index (χ4v) is 2.43. The van der Waals surface area contributed by atoms with Crippen molar-refractivity contribution in [2.75, 3.05) is 0 Å². The van der Waals surface area contributed by atoms with E-state index in [1.54, 1.807) is 0 Å². The second-order valence-corrected chi connectivity index (χ2v) is 5.06. The van der Waals surface area contributed by atoms with Gasteiger partial charge in [0, 0.05) is 24.5 Å². The Bertz CT molecular complexity index is 192. The lowest BCUT2D eigenvalue weighted by Crippen LogP contribution is -2.48. The Kier molecular flexibility index (Phi) is 3.03. The SMILES string of the molecule is CC(C)N1C=CN(C(C)C)C1(Cl)Cl. The van der Waals surface area contributed by atoms with Gasteiger partial charge in [-0.15, -0.1) is 0 Å². The molecule has 76 valence electrons. The maximum atomic E-state index is 6.24. The number of halogens is 2. The van der Waals surface area contributed by atoms with E-state index in [-0.39, 0.29) is 0 Å². The van der Waals surface area contributed by atoms with Crippen LogP contribution in [0.4, 0.5) is 0 Å². The molecular weight excluding hydrogens is 207 g/mol. The summed E-state index contributed by atoms with van der Waals surface area (Å²) < 4.78 is -0.928. The van der Waals surface area contributed by atoms with E-state index >= 15 is 0 Å². The van der Waals surface area contributed by atoms with Crippen LogP contribution < -0.4 is 0 Å². The topological polar surface area (TPSA) is 6.48 Å². The fourth-order valence-electron chi connectivity index (χ4n) is 1.42. The molecule has 0 radical (unpaired) electrons. The van der Waals surface area contributed by atoms with E-state index in [0.29, 0.717) is 12.1 Å². The lowest BCUT2D eigenvalue weighted by Gasteiger charge is -2.39. The summed E-state index contributed by atoms with van der Waals surface area (Å²) in [6, 6.07) is 0.602. The standard InChI is InChI=1S/C9H16Cl2N2/c1-7(2)12-5-6-13(8(3)4)9(12,10)11/h5-8H,1-4H3. The number of hydrogen-bond acceptors (Lipinski definition) is 2. The van der Waals surface area contributed by atoms with Gasteiger partial charge in [-0.05, 0) is 27.7 Å². The van der Waals surface area contributed by atoms with Gasteiger partial charge in [-0.2, -0.15) is 0 Å². The maximum absolute atomic E-state index is 6.24. The molecule has 0 amide bonds. The van der Waals surface area contributed by atoms with Gasteiger partial charge in [-0.3, -0.25) is 0 Å². The Morgan fingerprint density at radius 2 is 1.23 bits per heavy atom. The van der Waals surface area contributed by atoms with Crippen molar-refractivity contribution in [1.82, 2.24) is 9.80 Å². The summed E-state index contributed by atoms with van der Waals surface area (Å²) >= 11 is 12.5. The molecule has 0 aromatic heterocycles. The molecule has 0 aliphatic carbocycles. The minimum Gasteiger partial charge on any atom is -0.326 e. The molecule has 1 heterocycles. The Balaban J connectivity index is 2.83. The zero-order valence-corrected chi connectivity index (χ0v) is 9.97. The average Bonchev–Trinajstić information content (AvgIpc) is 2.24. The van der Waals surface area contributed by atoms with E-state index in [1.165, 1.54) is 0 Å². The van der Waals surface area contributed by atoms with Gasteiger partial charge in [0.2, 0.25) is 0 Å². The molecular formula is C9H16Cl2N2. The number of hydrogen-bond donors (Lipinski definition) is 0. The normalized spacial score (nSPS) is 20.9. The molecule has 0 aromatic rings. The molecule has 0 atom stereocenters. The van der Waals surface area contributed by atoms with Gasteiger partial charge in [0.25, 0.3) is 4.58 Å². The predicted molar refractivity (Wildman–Crippen MR) is 57.5 cm³/mol. The van der Waals surface area contributed by atoms with Crippen LogP contribution in [0.2, 0.25) is 0 Å². The molecule has 4 heteroatoms. The average molecular weight is 223 g/mol. The fraction of sp³-hybridized carbons (Fsp3) is 0.778. The summed E-state index contributed by atoms with van der Waals surface area (Å²) in [4.78, 5) is 3.85. The number of nitrogens with zero attached hydrogens (tertiary/aromatic N) is 2. The van der Waals surface area contributed by atoms with Gasteiger partial charge in [0.1, 0.15) is 0 Å². The Morgan fingerprint density at radius 1 is 0.923 bits per heavy atom. The van der Waals surface area contributed by atoms with Crippen LogP contribution in [-0.4, -0.2) is 26.5 Å². The monoisotopic (exact) mass is 222 g/mol. The first-order chi connectivity index (χ1) is 5.87. The van der Waals surface area contributed by atoms with Crippen LogP contribution in [0.25, 0.3) is 0 Å². The molecule has 0 saturated carbocycles. The summed E-state index contributed by atoms with van der Waals surface area (Å²) in [6.45, 7) is 8.25. The van der Waals surface area contributed by atoms with Crippen LogP contribution in [0.3, 0.4) is 0 Å². The van der Waals surface area contributed by atoms with Gasteiger partial charge in [0.05, 0.1) is 0 Å². The molecule has 0 bridgehead atoms. The first-order valence-corrected chi connectivity index (χ1v) is 5.26. The second-order valence-electron chi connectivity index (χ2n) is 3.81. The quantitative estimate of drug-likeness (QED) is 0.524. The largest absolute Gasteiger partial charge is 0.326 e. The molecule has 2 nitrogen and oxygen atoms in total. The van der Waals surface area contributed by atoms with E-state index < -0.39 is 4.58 Å². The van der Waals surface area contributed by atoms with E-state index in [9.17, 15) is 0 Å². The van der Waals surface area contributed by atoms with Gasteiger partial charge in [-0.1, -0.05) is 23.2 Å². The molecule has 1 aliphatic rings. The zero-order chi connectivity index (χ0) is 10.2. The first kappa shape index (κ1) is 11.0. The van der Waals surface area contributed by atoms with Gasteiger partial charge in [-0.25, -0.2) is 0 Å². The van der Waals surface area contributed by atoms with Crippen molar-refractivity contribution in [3.8, 4) is 0 Å². The second kappa shape index (κ2) is 3.58. The van der Waals surface area contributed by atoms with Crippen molar-refractivity contribution < 1.29 is 0 Å². The van der Waals surface area contributed by atoms with Crippen LogP contribution in [-0.2, 0) is 0 Å². The van der Waals surface area contributed by atoms with E-state index in [0.717, 1.165) is 0 Å². The van der Waals surface area contributed by atoms with Crippen LogP contribution >= 0.6 is 23.2 Å². The third-order valence-electron chi connectivity index (χ3n) is 2.12. The molecule has 13 heavy (non-hydrogen) atoms. The summed E-state index contributed by atoms with van der Waals surface area (Å²) in [6.07, 6.45) is 3.87. The van der Waals surface area contributed by atoms with E-state index in [4.69, 9.17) is 23.2 Å². The van der Waals surface area contributed by atoms with E-state index in [2.05, 4.69) is 27.7 Å². The molecule has 0 fully saturated rings. The zero-order valence-electron chi connectivity index (χ0n) is 8.46. The molecule has 0 spiro atoms. The molecule has 0 saturated heterocycles. The Morgan fingerprint density at radius 3 is 1.38 bits per heavy atom. The summed E-state index contributed by atoms with van der Waals surface area (Å²) in [5, 5.41) is 0. The van der Waals surface area contributed by atoms with Crippen molar-refractivity contribution in [1.29, 1.82) is 0 Å². The Labute approximate surface area is 90.1 Å². The Hall–Kier alpha value is -0.0800. The van der Waals surface area contributed by atoms with Gasteiger partial charge in [0.15, 0.2) is 0 Å². The van der Waals surface area contributed by atoms with Crippen molar-refractivity contribution in [2.24, 2.45) is 0 Å². The van der Waals surface area contributed by atoms with Crippen molar-refractivity contribution in [3.05, 3.63) is 12.4 Å². The molecule has 1 rings (SSSR count). The third-order valence-corrected chi connectivity index (χ3v) is 2.90. The summed E-state index contributed by atoms with van der Waals surface area (Å²) in [7, 11) is 0. The van der Waals surface area contributed by atoms with Gasteiger partial charge >= 0.3 is 0 Å². The first-order valence-electron chi connectivity index (χ1n) is 4.50. The highest BCUT2D eigenvalue weighted by atomic mass is 35.5. The predicted octanol–water partition coefficient (Wildman–Crippen LogP) is 2.98. The third kappa shape index (κ3) is 1.89. The lowest BCUT2D eigenvalue weighted by atomic mass is 10.3. The van der Waals surface area contributed by atoms with E-state index in [1.807, 2.05) is 22.2 Å². The minimum absolute atomic E-state index is 0.301. The lowest BCUT2D eigenvalue weighted by molar-refractivity contribution is 0.135. The maximum Gasteiger partial charge on any atom is 0.270 e. The molecule has 0 aromatic carbocycles. The highest BCUT2D eigenvalue weighted by Crippen LogP contribution is 2.38. The number of rotatable bonds is 2. The minimum atomic E-state index is -0.928. The summed E-state index contributed by atoms with van der Waals surface area (Å²) in [5.74, 6) is 0. The van der Waals surface area contributed by atoms with Crippen LogP contribution in [0.1, 0.15) is 27.7 Å². The highest BCUT2D eigenvalue weighted by Gasteiger charge is 2.42. The van der Waals surface area contributed by atoms with Crippen molar-refractivity contribution in [2.45, 2.75) is 44.4 Å². The van der Waals surface area contributed by atoms with Crippen molar-refractivity contribution in [3.63, 3.8) is 0 Å². The van der Waals surface area contributed by atoms with Gasteiger partial charge < -0.3 is 9.80 Å². The molecule has 0 N–H and O–H groups in total. The molecule has 0 unspecified atom stereocenters. The van der Waals surface area contributed by atoms with Crippen LogP contribution in [0, 0.1) is 0 Å².